The van der Waals surface area contributed by atoms with Gasteiger partial charge in [-0.15, -0.1) is 0 Å². The molecule has 282 valence electrons. The maximum atomic E-state index is 13.0. The molecule has 0 bridgehead atoms. The number of anilines is 3. The fourth-order valence-electron chi connectivity index (χ4n) is 5.77. The van der Waals surface area contributed by atoms with E-state index in [0.717, 1.165) is 23.7 Å². The van der Waals surface area contributed by atoms with Gasteiger partial charge in [-0.3, -0.25) is 4.79 Å². The van der Waals surface area contributed by atoms with Gasteiger partial charge >= 0.3 is 0 Å². The summed E-state index contributed by atoms with van der Waals surface area (Å²) in [7, 11) is 0. The van der Waals surface area contributed by atoms with Crippen LogP contribution in [-0.2, 0) is 0 Å². The zero-order valence-electron chi connectivity index (χ0n) is 33.6. The van der Waals surface area contributed by atoms with Crippen LogP contribution in [0.4, 0.5) is 17.1 Å². The summed E-state index contributed by atoms with van der Waals surface area (Å²) in [5, 5.41) is 27.2. The first kappa shape index (κ1) is 43.6. The summed E-state index contributed by atoms with van der Waals surface area (Å²) in [6.45, 7) is 25.6. The number of aryl methyl sites for hydroxylation is 1. The number of rotatable bonds is 15. The summed E-state index contributed by atoms with van der Waals surface area (Å²) in [6, 6.07) is 25.4. The van der Waals surface area contributed by atoms with Crippen molar-refractivity contribution in [3.63, 3.8) is 0 Å². The molecule has 0 aliphatic heterocycles. The van der Waals surface area contributed by atoms with Crippen LogP contribution in [0.2, 0.25) is 0 Å². The molecule has 0 unspecified atom stereocenters. The fraction of sp³-hybridized carbons (Fsp3) is 0.413. The van der Waals surface area contributed by atoms with Crippen molar-refractivity contribution in [2.75, 3.05) is 30.3 Å². The Labute approximate surface area is 315 Å². The molecular formula is C46H65N3O3. The first-order chi connectivity index (χ1) is 25.0. The Kier molecular flexibility index (Phi) is 19.4. The number of carbonyl (C=O) groups excluding carboxylic acids is 1. The number of hydrogen-bond donors (Lipinski definition) is 4. The van der Waals surface area contributed by atoms with E-state index in [1.165, 1.54) is 79.7 Å². The lowest BCUT2D eigenvalue weighted by Crippen LogP contribution is -2.27. The standard InChI is InChI=1S/C32H32N2O3.C12H27N.C2H6/c1-5-20(2)22(4)28-17-26(15-14-21(28)3)33-25-13-9-12-24(16-25)32(37)34-27-18-29(35)31(30(36)19-27)23-10-7-6-8-11-23;1-5-7-10-13(9-6-2)11-8-12(3)4;1-2/h6-19,33,35-36H,5H2,1-4H3,(H,34,37);12H,5-11H2,1-4H3;1-2H3/b22-20-;;. The van der Waals surface area contributed by atoms with Crippen molar-refractivity contribution in [2.45, 2.75) is 101 Å². The maximum absolute atomic E-state index is 13.0. The van der Waals surface area contributed by atoms with Gasteiger partial charge in [-0.05, 0) is 125 Å². The van der Waals surface area contributed by atoms with E-state index in [1.807, 2.05) is 50.2 Å². The Morgan fingerprint density at radius 2 is 1.40 bits per heavy atom. The van der Waals surface area contributed by atoms with Crippen LogP contribution in [0, 0.1) is 12.8 Å². The molecule has 0 saturated heterocycles. The second kappa shape index (κ2) is 23.1. The number of carbonyl (C=O) groups is 1. The highest BCUT2D eigenvalue weighted by Gasteiger charge is 2.15. The summed E-state index contributed by atoms with van der Waals surface area (Å²) in [6.07, 6.45) is 6.33. The van der Waals surface area contributed by atoms with Gasteiger partial charge in [-0.25, -0.2) is 0 Å². The van der Waals surface area contributed by atoms with Crippen LogP contribution in [0.1, 0.15) is 116 Å². The van der Waals surface area contributed by atoms with Crippen molar-refractivity contribution in [1.29, 1.82) is 0 Å². The van der Waals surface area contributed by atoms with Gasteiger partial charge in [0.1, 0.15) is 11.5 Å². The molecule has 0 saturated carbocycles. The Morgan fingerprint density at radius 1 is 0.750 bits per heavy atom. The number of nitrogens with zero attached hydrogens (tertiary/aromatic N) is 1. The summed E-state index contributed by atoms with van der Waals surface area (Å²) >= 11 is 0. The van der Waals surface area contributed by atoms with Gasteiger partial charge < -0.3 is 25.7 Å². The van der Waals surface area contributed by atoms with E-state index in [0.29, 0.717) is 22.4 Å². The second-order valence-electron chi connectivity index (χ2n) is 13.6. The minimum atomic E-state index is -0.350. The molecular weight excluding hydrogens is 643 g/mol. The highest BCUT2D eigenvalue weighted by Crippen LogP contribution is 2.39. The zero-order chi connectivity index (χ0) is 38.6. The first-order valence-electron chi connectivity index (χ1n) is 19.3. The third-order valence-electron chi connectivity index (χ3n) is 9.03. The van der Waals surface area contributed by atoms with Crippen LogP contribution in [-0.4, -0.2) is 40.7 Å². The SMILES string of the molecule is CC.CC/C(C)=C(/C)c1cc(Nc2cccc(C(=O)Nc3cc(O)c(-c4ccccc4)c(O)c3)c2)ccc1C.CCCCN(CCC)CCC(C)C. The van der Waals surface area contributed by atoms with Crippen LogP contribution in [0.5, 0.6) is 11.5 Å². The molecule has 4 aromatic carbocycles. The number of benzene rings is 4. The van der Waals surface area contributed by atoms with Crippen LogP contribution in [0.25, 0.3) is 16.7 Å². The smallest absolute Gasteiger partial charge is 0.255 e. The van der Waals surface area contributed by atoms with Gasteiger partial charge in [-0.2, -0.15) is 0 Å². The number of hydrogen-bond acceptors (Lipinski definition) is 5. The number of amides is 1. The molecule has 0 heterocycles. The monoisotopic (exact) mass is 708 g/mol. The van der Waals surface area contributed by atoms with Crippen LogP contribution in [0.3, 0.4) is 0 Å². The number of phenols is 2. The Hall–Kier alpha value is -4.55. The molecule has 0 aromatic heterocycles. The molecule has 0 aliphatic carbocycles. The average molecular weight is 708 g/mol. The minimum Gasteiger partial charge on any atom is -0.507 e. The number of nitrogens with one attached hydrogen (secondary N) is 2. The van der Waals surface area contributed by atoms with Crippen LogP contribution >= 0.6 is 0 Å². The third-order valence-corrected chi connectivity index (χ3v) is 9.03. The second-order valence-corrected chi connectivity index (χ2v) is 13.6. The van der Waals surface area contributed by atoms with E-state index in [-0.39, 0.29) is 17.4 Å². The molecule has 4 aromatic rings. The quantitative estimate of drug-likeness (QED) is 0.0988. The van der Waals surface area contributed by atoms with Crippen molar-refractivity contribution in [1.82, 2.24) is 4.90 Å². The number of phenolic OH excluding ortho intramolecular Hbond substituents is 2. The van der Waals surface area contributed by atoms with Gasteiger partial charge in [0.05, 0.1) is 5.56 Å². The van der Waals surface area contributed by atoms with Crippen LogP contribution < -0.4 is 10.6 Å². The normalized spacial score (nSPS) is 11.2. The fourth-order valence-corrected chi connectivity index (χ4v) is 5.77. The highest BCUT2D eigenvalue weighted by atomic mass is 16.3. The molecule has 52 heavy (non-hydrogen) atoms. The van der Waals surface area contributed by atoms with Crippen LogP contribution in [0.15, 0.2) is 90.5 Å². The molecule has 6 heteroatoms. The van der Waals surface area contributed by atoms with Gasteiger partial charge in [-0.1, -0.05) is 103 Å². The van der Waals surface area contributed by atoms with E-state index in [4.69, 9.17) is 0 Å². The zero-order valence-corrected chi connectivity index (χ0v) is 33.6. The van der Waals surface area contributed by atoms with Crippen molar-refractivity contribution in [2.24, 2.45) is 5.92 Å². The molecule has 0 aliphatic rings. The van der Waals surface area contributed by atoms with Gasteiger partial charge in [0.2, 0.25) is 0 Å². The Morgan fingerprint density at radius 3 is 2.00 bits per heavy atom. The highest BCUT2D eigenvalue weighted by molar-refractivity contribution is 6.05. The van der Waals surface area contributed by atoms with E-state index in [9.17, 15) is 15.0 Å². The molecule has 0 atom stereocenters. The summed E-state index contributed by atoms with van der Waals surface area (Å²) in [5.41, 5.74) is 8.52. The van der Waals surface area contributed by atoms with Crippen molar-refractivity contribution >= 4 is 28.5 Å². The van der Waals surface area contributed by atoms with E-state index in [2.05, 4.69) is 83.1 Å². The summed E-state index contributed by atoms with van der Waals surface area (Å²) in [5.74, 6) is 0.266. The minimum absolute atomic E-state index is 0.116. The van der Waals surface area contributed by atoms with Gasteiger partial charge in [0.15, 0.2) is 0 Å². The number of aromatic hydroxyl groups is 2. The van der Waals surface area contributed by atoms with Gasteiger partial charge in [0.25, 0.3) is 5.91 Å². The predicted octanol–water partition coefficient (Wildman–Crippen LogP) is 12.8. The largest absolute Gasteiger partial charge is 0.507 e. The number of unbranched alkanes of at least 4 members (excludes halogenated alkanes) is 1. The molecule has 1 amide bonds. The summed E-state index contributed by atoms with van der Waals surface area (Å²) in [4.78, 5) is 15.6. The van der Waals surface area contributed by atoms with Crippen molar-refractivity contribution < 1.29 is 15.0 Å². The van der Waals surface area contributed by atoms with E-state index < -0.39 is 0 Å². The lowest BCUT2D eigenvalue weighted by molar-refractivity contribution is 0.102. The maximum Gasteiger partial charge on any atom is 0.255 e. The van der Waals surface area contributed by atoms with Crippen molar-refractivity contribution in [3.05, 3.63) is 107 Å². The van der Waals surface area contributed by atoms with E-state index in [1.54, 1.807) is 24.3 Å². The topological polar surface area (TPSA) is 84.8 Å². The molecule has 4 rings (SSSR count). The average Bonchev–Trinajstić information content (AvgIpc) is 3.14. The van der Waals surface area contributed by atoms with Crippen molar-refractivity contribution in [3.8, 4) is 22.6 Å². The Bertz CT molecular complexity index is 1670. The third kappa shape index (κ3) is 13.9. The van der Waals surface area contributed by atoms with Gasteiger partial charge in [0, 0.05) is 34.8 Å². The lowest BCUT2D eigenvalue weighted by atomic mass is 9.96. The molecule has 0 spiro atoms. The van der Waals surface area contributed by atoms with E-state index >= 15 is 0 Å². The molecule has 4 N–H and O–H groups in total. The number of allylic oxidation sites excluding steroid dienone is 2. The molecule has 6 nitrogen and oxygen atoms in total. The summed E-state index contributed by atoms with van der Waals surface area (Å²) < 4.78 is 0. The lowest BCUT2D eigenvalue weighted by Gasteiger charge is -2.22. The predicted molar refractivity (Wildman–Crippen MR) is 225 cm³/mol. The first-order valence-corrected chi connectivity index (χ1v) is 19.3. The molecule has 0 radical (unpaired) electrons. The Balaban J connectivity index is 0.000000529. The molecule has 0 fully saturated rings.